The van der Waals surface area contributed by atoms with Gasteiger partial charge in [0.05, 0.1) is 6.20 Å². The monoisotopic (exact) mass is 499 g/mol. The summed E-state index contributed by atoms with van der Waals surface area (Å²) < 4.78 is 17.5. The van der Waals surface area contributed by atoms with Crippen molar-refractivity contribution in [3.8, 4) is 17.2 Å². The van der Waals surface area contributed by atoms with Crippen LogP contribution in [0.1, 0.15) is 37.7 Å². The number of hydrogen-bond acceptors (Lipinski definition) is 8. The largest absolute Gasteiger partial charge is 0.486 e. The third-order valence-electron chi connectivity index (χ3n) is 6.07. The minimum Gasteiger partial charge on any atom is -0.486 e. The Labute approximate surface area is 210 Å². The summed E-state index contributed by atoms with van der Waals surface area (Å²) in [6, 6.07) is 13.9. The number of aromatic nitrogens is 3. The van der Waals surface area contributed by atoms with Crippen LogP contribution in [0.2, 0.25) is 0 Å². The topological polar surface area (TPSA) is 133 Å². The van der Waals surface area contributed by atoms with Gasteiger partial charge in [-0.15, -0.1) is 0 Å². The molecule has 2 amide bonds. The highest BCUT2D eigenvalue weighted by Crippen LogP contribution is 2.32. The Morgan fingerprint density at radius 2 is 1.62 bits per heavy atom. The van der Waals surface area contributed by atoms with Crippen molar-refractivity contribution in [3.05, 3.63) is 82.8 Å². The summed E-state index contributed by atoms with van der Waals surface area (Å²) in [5, 5.41) is 9.84. The molecule has 6 rings (SSSR count). The van der Waals surface area contributed by atoms with E-state index in [0.717, 1.165) is 16.7 Å². The van der Waals surface area contributed by atoms with E-state index in [2.05, 4.69) is 20.7 Å². The van der Waals surface area contributed by atoms with E-state index < -0.39 is 11.8 Å². The predicted octanol–water partition coefficient (Wildman–Crippen LogP) is 1.82. The number of nitrogens with zero attached hydrogens (tertiary/aromatic N) is 3. The van der Waals surface area contributed by atoms with Gasteiger partial charge in [0.15, 0.2) is 22.9 Å². The molecule has 186 valence electrons. The van der Waals surface area contributed by atoms with Crippen molar-refractivity contribution in [2.45, 2.75) is 19.5 Å². The second-order valence-electron chi connectivity index (χ2n) is 8.63. The molecule has 0 bridgehead atoms. The van der Waals surface area contributed by atoms with Crippen LogP contribution >= 0.6 is 0 Å². The third kappa shape index (κ3) is 4.54. The molecule has 0 atom stereocenters. The van der Waals surface area contributed by atoms with E-state index in [4.69, 9.17) is 14.2 Å². The van der Waals surface area contributed by atoms with Gasteiger partial charge >= 0.3 is 0 Å². The number of ether oxygens (including phenoxy) is 3. The first kappa shape index (κ1) is 22.5. The second kappa shape index (κ2) is 9.26. The average Bonchev–Trinajstić information content (AvgIpc) is 3.58. The molecule has 0 fully saturated rings. The lowest BCUT2D eigenvalue weighted by atomic mass is 10.0. The first-order valence-corrected chi connectivity index (χ1v) is 11.6. The number of amides is 2. The van der Waals surface area contributed by atoms with Crippen molar-refractivity contribution in [1.29, 1.82) is 0 Å². The third-order valence-corrected chi connectivity index (χ3v) is 6.07. The van der Waals surface area contributed by atoms with Gasteiger partial charge < -0.3 is 24.8 Å². The van der Waals surface area contributed by atoms with E-state index in [9.17, 15) is 14.4 Å². The molecule has 11 nitrogen and oxygen atoms in total. The predicted molar refractivity (Wildman–Crippen MR) is 129 cm³/mol. The molecule has 37 heavy (non-hydrogen) atoms. The Kier molecular flexibility index (Phi) is 5.64. The van der Waals surface area contributed by atoms with Gasteiger partial charge in [-0.1, -0.05) is 12.1 Å². The number of fused-ring (bicyclic) bond motifs is 3. The van der Waals surface area contributed by atoms with Gasteiger partial charge in [0.25, 0.3) is 11.8 Å². The molecule has 2 aliphatic rings. The molecule has 4 heterocycles. The van der Waals surface area contributed by atoms with Crippen LogP contribution in [-0.2, 0) is 24.3 Å². The number of hydrogen-bond donors (Lipinski definition) is 2. The zero-order valence-corrected chi connectivity index (χ0v) is 19.5. The summed E-state index contributed by atoms with van der Waals surface area (Å²) in [6.07, 6.45) is 1.82. The fourth-order valence-corrected chi connectivity index (χ4v) is 4.23. The van der Waals surface area contributed by atoms with E-state index in [-0.39, 0.29) is 43.7 Å². The summed E-state index contributed by atoms with van der Waals surface area (Å²) in [5.41, 5.74) is 3.06. The van der Waals surface area contributed by atoms with Gasteiger partial charge in [-0.05, 0) is 35.4 Å². The highest BCUT2D eigenvalue weighted by Gasteiger charge is 2.20. The molecule has 2 aliphatic heterocycles. The Balaban J connectivity index is 1.16. The SMILES string of the molecule is O=C1COc2ccc(CNC(=O)c3cc(C(=O)NCc4ccc5c(c4)OCO5)n4nccc4n3)cc2C1. The van der Waals surface area contributed by atoms with E-state index in [1.807, 2.05) is 18.2 Å². The number of rotatable bonds is 6. The summed E-state index contributed by atoms with van der Waals surface area (Å²) in [7, 11) is 0. The first-order chi connectivity index (χ1) is 18.0. The van der Waals surface area contributed by atoms with Gasteiger partial charge in [0.2, 0.25) is 6.79 Å². The van der Waals surface area contributed by atoms with E-state index in [1.165, 1.54) is 16.8 Å². The molecule has 0 aliphatic carbocycles. The van der Waals surface area contributed by atoms with Crippen LogP contribution in [0.4, 0.5) is 0 Å². The molecule has 2 N–H and O–H groups in total. The molecule has 0 saturated carbocycles. The maximum Gasteiger partial charge on any atom is 0.270 e. The fourth-order valence-electron chi connectivity index (χ4n) is 4.23. The Morgan fingerprint density at radius 3 is 2.49 bits per heavy atom. The zero-order chi connectivity index (χ0) is 25.4. The lowest BCUT2D eigenvalue weighted by Gasteiger charge is -2.17. The highest BCUT2D eigenvalue weighted by molar-refractivity contribution is 5.98. The molecule has 2 aromatic carbocycles. The molecule has 11 heteroatoms. The van der Waals surface area contributed by atoms with Gasteiger partial charge in [0.1, 0.15) is 23.7 Å². The Hall–Kier alpha value is -4.93. The number of carbonyl (C=O) groups excluding carboxylic acids is 3. The molecule has 4 aromatic rings. The number of carbonyl (C=O) groups is 3. The summed E-state index contributed by atoms with van der Waals surface area (Å²) >= 11 is 0. The fraction of sp³-hybridized carbons (Fsp3) is 0.192. The van der Waals surface area contributed by atoms with Gasteiger partial charge in [0, 0.05) is 37.2 Å². The average molecular weight is 499 g/mol. The lowest BCUT2D eigenvalue weighted by Crippen LogP contribution is -2.28. The van der Waals surface area contributed by atoms with Crippen LogP contribution in [0.3, 0.4) is 0 Å². The van der Waals surface area contributed by atoms with Gasteiger partial charge in [-0.3, -0.25) is 14.4 Å². The zero-order valence-electron chi connectivity index (χ0n) is 19.5. The lowest BCUT2D eigenvalue weighted by molar-refractivity contribution is -0.121. The standard InChI is InChI=1S/C26H21N5O6/c32-18-9-17-7-15(1-3-21(17)35-13-18)11-27-25(33)19-10-20(31-24(30-19)5-6-29-31)26(34)28-12-16-2-4-22-23(8-16)37-14-36-22/h1-8,10H,9,11-14H2,(H,27,33)(H,28,34). The van der Waals surface area contributed by atoms with Crippen LogP contribution in [0.25, 0.3) is 5.65 Å². The molecule has 0 unspecified atom stereocenters. The smallest absolute Gasteiger partial charge is 0.270 e. The summed E-state index contributed by atoms with van der Waals surface area (Å²) in [4.78, 5) is 42.0. The number of Topliss-reactive ketones (excluding diaryl/α,β-unsaturated/α-hetero) is 1. The van der Waals surface area contributed by atoms with E-state index in [1.54, 1.807) is 24.3 Å². The number of nitrogens with one attached hydrogen (secondary N) is 2. The summed E-state index contributed by atoms with van der Waals surface area (Å²) in [5.74, 6) is 1.12. The number of ketones is 1. The van der Waals surface area contributed by atoms with Crippen LogP contribution in [0, 0.1) is 0 Å². The Morgan fingerprint density at radius 1 is 0.865 bits per heavy atom. The Bertz CT molecular complexity index is 1560. The number of benzene rings is 2. The minimum absolute atomic E-state index is 0.0105. The van der Waals surface area contributed by atoms with Crippen LogP contribution in [0.5, 0.6) is 17.2 Å². The van der Waals surface area contributed by atoms with Crippen molar-refractivity contribution in [1.82, 2.24) is 25.2 Å². The highest BCUT2D eigenvalue weighted by atomic mass is 16.7. The second-order valence-corrected chi connectivity index (χ2v) is 8.63. The van der Waals surface area contributed by atoms with Gasteiger partial charge in [-0.25, -0.2) is 9.50 Å². The van der Waals surface area contributed by atoms with Crippen molar-refractivity contribution in [2.75, 3.05) is 13.4 Å². The molecule has 2 aromatic heterocycles. The minimum atomic E-state index is -0.446. The molecule has 0 radical (unpaired) electrons. The maximum atomic E-state index is 13.1. The first-order valence-electron chi connectivity index (χ1n) is 11.6. The van der Waals surface area contributed by atoms with Gasteiger partial charge in [-0.2, -0.15) is 5.10 Å². The molecular formula is C26H21N5O6. The van der Waals surface area contributed by atoms with Crippen molar-refractivity contribution < 1.29 is 28.6 Å². The maximum absolute atomic E-state index is 13.1. The molecule has 0 saturated heterocycles. The van der Waals surface area contributed by atoms with Crippen molar-refractivity contribution >= 4 is 23.2 Å². The quantitative estimate of drug-likeness (QED) is 0.411. The van der Waals surface area contributed by atoms with Crippen molar-refractivity contribution in [2.24, 2.45) is 0 Å². The van der Waals surface area contributed by atoms with Crippen LogP contribution in [-0.4, -0.2) is 45.6 Å². The normalized spacial score (nSPS) is 13.7. The molecule has 0 spiro atoms. The van der Waals surface area contributed by atoms with Crippen LogP contribution < -0.4 is 24.8 Å². The summed E-state index contributed by atoms with van der Waals surface area (Å²) in [6.45, 7) is 0.716. The van der Waals surface area contributed by atoms with Crippen LogP contribution in [0.15, 0.2) is 54.7 Å². The van der Waals surface area contributed by atoms with E-state index in [0.29, 0.717) is 29.3 Å². The van der Waals surface area contributed by atoms with Crippen molar-refractivity contribution in [3.63, 3.8) is 0 Å². The van der Waals surface area contributed by atoms with E-state index >= 15 is 0 Å². The molecular weight excluding hydrogens is 478 g/mol.